The van der Waals surface area contributed by atoms with E-state index in [2.05, 4.69) is 19.9 Å². The van der Waals surface area contributed by atoms with Crippen molar-refractivity contribution in [3.63, 3.8) is 0 Å². The highest BCUT2D eigenvalue weighted by atomic mass is 35.5. The third kappa shape index (κ3) is 6.03. The second-order valence-electron chi connectivity index (χ2n) is 10.5. The van der Waals surface area contributed by atoms with Crippen LogP contribution in [0.5, 0.6) is 5.75 Å². The number of nitrogens with one attached hydrogen (secondary N) is 2. The highest BCUT2D eigenvalue weighted by Gasteiger charge is 2.28. The summed E-state index contributed by atoms with van der Waals surface area (Å²) in [4.78, 5) is 6.12. The topological polar surface area (TPSA) is 83.6 Å². The first-order valence-electron chi connectivity index (χ1n) is 13.2. The second-order valence-corrected chi connectivity index (χ2v) is 13.6. The molecule has 2 aromatic carbocycles. The number of aromatic nitrogens is 1. The summed E-state index contributed by atoms with van der Waals surface area (Å²) >= 11 is 7.68. The molecule has 1 aromatic heterocycles. The van der Waals surface area contributed by atoms with E-state index in [0.29, 0.717) is 45.2 Å². The minimum atomic E-state index is -4.20. The average Bonchev–Trinajstić information content (AvgIpc) is 3.53. The third-order valence-corrected chi connectivity index (χ3v) is 10.6. The molecule has 2 aliphatic carbocycles. The van der Waals surface area contributed by atoms with Crippen LogP contribution in [-0.4, -0.2) is 51.1 Å². The Bertz CT molecular complexity index is 1390. The Morgan fingerprint density at radius 2 is 1.84 bits per heavy atom. The van der Waals surface area contributed by atoms with Crippen molar-refractivity contribution in [3.8, 4) is 5.75 Å². The van der Waals surface area contributed by atoms with Gasteiger partial charge in [0, 0.05) is 17.8 Å². The van der Waals surface area contributed by atoms with Crippen LogP contribution >= 0.6 is 22.9 Å². The van der Waals surface area contributed by atoms with E-state index in [4.69, 9.17) is 16.3 Å². The lowest BCUT2D eigenvalue weighted by Gasteiger charge is -2.37. The van der Waals surface area contributed by atoms with Gasteiger partial charge in [0.05, 0.1) is 16.8 Å². The van der Waals surface area contributed by atoms with Gasteiger partial charge in [-0.15, -0.1) is 0 Å². The van der Waals surface area contributed by atoms with Crippen LogP contribution < -0.4 is 14.8 Å². The zero-order valence-electron chi connectivity index (χ0n) is 21.7. The van der Waals surface area contributed by atoms with Gasteiger partial charge in [-0.25, -0.2) is 17.8 Å². The standard InChI is InChI=1S/C27H34ClFN4O3S2/c1-33(2)22-10-6-5-9-20(22)30-18-11-14-24(19(29)15-18)38(34,35)32-27-31-21-12-13-23(25(28)26(21)37-27)36-16-17-7-3-4-8-17/h11-15,17,20,22,30H,3-10,16H2,1-2H3,(H,31,32)/t20-,22-/m0/s1. The van der Waals surface area contributed by atoms with Crippen LogP contribution in [0.3, 0.4) is 0 Å². The summed E-state index contributed by atoms with van der Waals surface area (Å²) in [6.45, 7) is 0.615. The van der Waals surface area contributed by atoms with Crippen LogP contribution in [0.2, 0.25) is 5.02 Å². The van der Waals surface area contributed by atoms with Crippen molar-refractivity contribution < 1.29 is 17.5 Å². The Kier molecular flexibility index (Phi) is 8.33. The molecule has 0 unspecified atom stereocenters. The Labute approximate surface area is 232 Å². The molecule has 2 N–H and O–H groups in total. The maximum Gasteiger partial charge on any atom is 0.266 e. The number of ether oxygens (including phenoxy) is 1. The van der Waals surface area contributed by atoms with Crippen LogP contribution in [0.15, 0.2) is 35.2 Å². The lowest BCUT2D eigenvalue weighted by Crippen LogP contribution is -2.45. The van der Waals surface area contributed by atoms with Gasteiger partial charge in [-0.1, -0.05) is 48.6 Å². The van der Waals surface area contributed by atoms with E-state index in [9.17, 15) is 8.42 Å². The van der Waals surface area contributed by atoms with Crippen molar-refractivity contribution in [2.24, 2.45) is 5.92 Å². The minimum absolute atomic E-state index is 0.118. The van der Waals surface area contributed by atoms with Gasteiger partial charge in [0.15, 0.2) is 5.13 Å². The Morgan fingerprint density at radius 3 is 2.58 bits per heavy atom. The van der Waals surface area contributed by atoms with E-state index >= 15 is 4.39 Å². The molecule has 38 heavy (non-hydrogen) atoms. The molecule has 2 aliphatic rings. The highest BCUT2D eigenvalue weighted by Crippen LogP contribution is 2.39. The summed E-state index contributed by atoms with van der Waals surface area (Å²) < 4.78 is 50.2. The molecular formula is C27H34ClFN4O3S2. The molecule has 0 amide bonds. The summed E-state index contributed by atoms with van der Waals surface area (Å²) in [5, 5.41) is 3.93. The number of halogens is 2. The van der Waals surface area contributed by atoms with Crippen LogP contribution in [0.1, 0.15) is 51.4 Å². The van der Waals surface area contributed by atoms with Crippen LogP contribution in [0, 0.1) is 11.7 Å². The van der Waals surface area contributed by atoms with Crippen molar-refractivity contribution >= 4 is 54.0 Å². The number of benzene rings is 2. The molecule has 2 atom stereocenters. The molecule has 0 radical (unpaired) electrons. The maximum atomic E-state index is 15.1. The SMILES string of the molecule is CN(C)[C@H]1CCCC[C@@H]1Nc1ccc(S(=O)(=O)Nc2nc3ccc(OCC4CCCC4)c(Cl)c3s2)c(F)c1. The fraction of sp³-hybridized carbons (Fsp3) is 0.519. The summed E-state index contributed by atoms with van der Waals surface area (Å²) in [7, 11) is -0.102. The normalized spacial score (nSPS) is 20.8. The van der Waals surface area contributed by atoms with Crippen molar-refractivity contribution in [2.75, 3.05) is 30.7 Å². The lowest BCUT2D eigenvalue weighted by molar-refractivity contribution is 0.211. The molecule has 11 heteroatoms. The van der Waals surface area contributed by atoms with Crippen molar-refractivity contribution in [1.82, 2.24) is 9.88 Å². The molecule has 5 rings (SSSR count). The number of anilines is 2. The first kappa shape index (κ1) is 27.4. The molecule has 0 saturated heterocycles. The first-order chi connectivity index (χ1) is 18.2. The largest absolute Gasteiger partial charge is 0.492 e. The lowest BCUT2D eigenvalue weighted by atomic mass is 9.89. The van der Waals surface area contributed by atoms with E-state index in [0.717, 1.165) is 43.4 Å². The fourth-order valence-electron chi connectivity index (χ4n) is 5.57. The van der Waals surface area contributed by atoms with Gasteiger partial charge in [0.2, 0.25) is 0 Å². The van der Waals surface area contributed by atoms with Gasteiger partial charge in [-0.3, -0.25) is 4.72 Å². The van der Waals surface area contributed by atoms with Gasteiger partial charge >= 0.3 is 0 Å². The summed E-state index contributed by atoms with van der Waals surface area (Å²) in [5.41, 5.74) is 1.12. The second kappa shape index (κ2) is 11.5. The average molecular weight is 581 g/mol. The van der Waals surface area contributed by atoms with Gasteiger partial charge in [-0.05, 0) is 76.0 Å². The summed E-state index contributed by atoms with van der Waals surface area (Å²) in [6.07, 6.45) is 9.13. The Hall–Kier alpha value is -2.14. The Balaban J connectivity index is 1.30. The van der Waals surface area contributed by atoms with Gasteiger partial charge in [0.1, 0.15) is 21.5 Å². The van der Waals surface area contributed by atoms with Gasteiger partial charge in [-0.2, -0.15) is 0 Å². The fourth-order valence-corrected chi connectivity index (χ4v) is 8.09. The zero-order valence-corrected chi connectivity index (χ0v) is 24.1. The number of thiazole rings is 1. The predicted octanol–water partition coefficient (Wildman–Crippen LogP) is 6.74. The molecule has 3 aromatic rings. The van der Waals surface area contributed by atoms with E-state index in [1.54, 1.807) is 18.2 Å². The molecular weight excluding hydrogens is 547 g/mol. The van der Waals surface area contributed by atoms with Crippen LogP contribution in [0.4, 0.5) is 15.2 Å². The number of likely N-dealkylation sites (N-methyl/N-ethyl adjacent to an activating group) is 1. The number of fused-ring (bicyclic) bond motifs is 1. The number of nitrogens with zero attached hydrogens (tertiary/aromatic N) is 2. The monoisotopic (exact) mass is 580 g/mol. The maximum absolute atomic E-state index is 15.1. The van der Waals surface area contributed by atoms with Crippen molar-refractivity contribution in [3.05, 3.63) is 41.2 Å². The smallest absolute Gasteiger partial charge is 0.266 e. The third-order valence-electron chi connectivity index (χ3n) is 7.60. The van der Waals surface area contributed by atoms with E-state index in [1.807, 2.05) is 14.1 Å². The number of rotatable bonds is 9. The van der Waals surface area contributed by atoms with E-state index < -0.39 is 20.7 Å². The molecule has 2 saturated carbocycles. The van der Waals surface area contributed by atoms with Crippen LogP contribution in [0.25, 0.3) is 10.2 Å². The summed E-state index contributed by atoms with van der Waals surface area (Å²) in [6, 6.07) is 8.20. The first-order valence-corrected chi connectivity index (χ1v) is 15.9. The molecule has 206 valence electrons. The molecule has 0 bridgehead atoms. The van der Waals surface area contributed by atoms with Crippen molar-refractivity contribution in [1.29, 1.82) is 0 Å². The van der Waals surface area contributed by atoms with Gasteiger partial charge < -0.3 is 15.0 Å². The van der Waals surface area contributed by atoms with E-state index in [1.165, 1.54) is 31.4 Å². The molecule has 2 fully saturated rings. The van der Waals surface area contributed by atoms with E-state index in [-0.39, 0.29) is 11.2 Å². The highest BCUT2D eigenvalue weighted by molar-refractivity contribution is 7.93. The zero-order chi connectivity index (χ0) is 26.9. The number of hydrogen-bond acceptors (Lipinski definition) is 7. The number of sulfonamides is 1. The molecule has 1 heterocycles. The molecule has 0 spiro atoms. The molecule has 7 nitrogen and oxygen atoms in total. The quantitative estimate of drug-likeness (QED) is 0.291. The Morgan fingerprint density at radius 1 is 1.11 bits per heavy atom. The van der Waals surface area contributed by atoms with Crippen molar-refractivity contribution in [2.45, 2.75) is 68.3 Å². The predicted molar refractivity (Wildman–Crippen MR) is 153 cm³/mol. The number of hydrogen-bond donors (Lipinski definition) is 2. The molecule has 0 aliphatic heterocycles. The van der Waals surface area contributed by atoms with Crippen LogP contribution in [-0.2, 0) is 10.0 Å². The van der Waals surface area contributed by atoms with Gasteiger partial charge in [0.25, 0.3) is 10.0 Å². The summed E-state index contributed by atoms with van der Waals surface area (Å²) in [5.74, 6) is 0.286. The minimum Gasteiger partial charge on any atom is -0.492 e.